The maximum Gasteiger partial charge on any atom is 0.282 e. The first-order chi connectivity index (χ1) is 15.2. The van der Waals surface area contributed by atoms with Gasteiger partial charge in [0.25, 0.3) is 5.91 Å². The second kappa shape index (κ2) is 7.82. The van der Waals surface area contributed by atoms with Gasteiger partial charge in [0.1, 0.15) is 11.8 Å². The number of hydrogen-bond acceptors (Lipinski definition) is 6. The van der Waals surface area contributed by atoms with Gasteiger partial charge in [-0.25, -0.2) is 10.9 Å². The van der Waals surface area contributed by atoms with Crippen molar-refractivity contribution in [3.63, 3.8) is 0 Å². The summed E-state index contributed by atoms with van der Waals surface area (Å²) in [5.74, 6) is 0.226. The molecule has 1 aromatic heterocycles. The van der Waals surface area contributed by atoms with Crippen LogP contribution in [-0.4, -0.2) is 29.1 Å². The Balaban J connectivity index is 1.39. The average molecular weight is 415 g/mol. The number of azo groups is 1. The Bertz CT molecular complexity index is 1310. The highest BCUT2D eigenvalue weighted by molar-refractivity contribution is 5.94. The van der Waals surface area contributed by atoms with Gasteiger partial charge in [0.15, 0.2) is 5.69 Å². The van der Waals surface area contributed by atoms with E-state index in [9.17, 15) is 9.90 Å². The minimum Gasteiger partial charge on any atom is -0.496 e. The molecule has 1 aliphatic rings. The van der Waals surface area contributed by atoms with Crippen LogP contribution in [0.4, 0.5) is 5.69 Å². The van der Waals surface area contributed by atoms with Gasteiger partial charge >= 0.3 is 0 Å². The van der Waals surface area contributed by atoms with Crippen molar-refractivity contribution in [3.05, 3.63) is 66.2 Å². The number of aromatic nitrogens is 1. The summed E-state index contributed by atoms with van der Waals surface area (Å²) < 4.78 is 5.59. The van der Waals surface area contributed by atoms with Crippen LogP contribution in [0.1, 0.15) is 18.0 Å². The van der Waals surface area contributed by atoms with Crippen LogP contribution in [0, 0.1) is 0 Å². The van der Waals surface area contributed by atoms with E-state index in [1.54, 1.807) is 7.11 Å². The minimum absolute atomic E-state index is 0.117. The van der Waals surface area contributed by atoms with Crippen molar-refractivity contribution in [1.82, 2.24) is 15.8 Å². The number of nitrogens with zero attached hydrogens (tertiary/aromatic N) is 2. The van der Waals surface area contributed by atoms with E-state index >= 15 is 0 Å². The monoisotopic (exact) mass is 415 g/mol. The van der Waals surface area contributed by atoms with Crippen molar-refractivity contribution < 1.29 is 14.6 Å². The van der Waals surface area contributed by atoms with Crippen molar-refractivity contribution in [3.8, 4) is 11.6 Å². The third kappa shape index (κ3) is 3.41. The highest BCUT2D eigenvalue weighted by Crippen LogP contribution is 2.37. The number of para-hydroxylation sites is 1. The third-order valence-corrected chi connectivity index (χ3v) is 5.61. The normalized spacial score (nSPS) is 18.9. The van der Waals surface area contributed by atoms with E-state index in [0.717, 1.165) is 27.6 Å². The van der Waals surface area contributed by atoms with Crippen LogP contribution in [-0.2, 0) is 4.79 Å². The van der Waals surface area contributed by atoms with E-state index in [2.05, 4.69) is 26.1 Å². The van der Waals surface area contributed by atoms with E-state index in [-0.39, 0.29) is 17.6 Å². The average Bonchev–Trinajstić information content (AvgIpc) is 3.41. The molecule has 4 N–H and O–H groups in total. The van der Waals surface area contributed by atoms with Crippen molar-refractivity contribution in [2.75, 3.05) is 7.11 Å². The Morgan fingerprint density at radius 3 is 2.65 bits per heavy atom. The summed E-state index contributed by atoms with van der Waals surface area (Å²) in [7, 11) is 1.64. The molecule has 0 aliphatic carbocycles. The molecule has 4 aromatic rings. The summed E-state index contributed by atoms with van der Waals surface area (Å²) in [5.41, 5.74) is 8.19. The number of aromatic amines is 1. The minimum atomic E-state index is -0.551. The van der Waals surface area contributed by atoms with Crippen LogP contribution in [0.3, 0.4) is 0 Å². The molecular formula is C23H21N5O3. The fourth-order valence-corrected chi connectivity index (χ4v) is 4.10. The maximum absolute atomic E-state index is 12.7. The van der Waals surface area contributed by atoms with Crippen LogP contribution in [0.5, 0.6) is 11.6 Å². The lowest BCUT2D eigenvalue weighted by molar-refractivity contribution is -0.120. The number of benzene rings is 3. The van der Waals surface area contributed by atoms with E-state index in [1.807, 2.05) is 60.7 Å². The lowest BCUT2D eigenvalue weighted by atomic mass is 9.95. The Labute approximate surface area is 177 Å². The zero-order valence-electron chi connectivity index (χ0n) is 16.8. The fourth-order valence-electron chi connectivity index (χ4n) is 4.10. The van der Waals surface area contributed by atoms with E-state index in [4.69, 9.17) is 4.74 Å². The highest BCUT2D eigenvalue weighted by Gasteiger charge is 2.33. The summed E-state index contributed by atoms with van der Waals surface area (Å²) in [6.45, 7) is 0. The van der Waals surface area contributed by atoms with E-state index in [0.29, 0.717) is 11.8 Å². The summed E-state index contributed by atoms with van der Waals surface area (Å²) in [5, 5.41) is 20.9. The number of carbonyl (C=O) groups excluding carboxylic acids is 1. The van der Waals surface area contributed by atoms with Crippen LogP contribution in [0.15, 0.2) is 70.9 Å². The van der Waals surface area contributed by atoms with Crippen molar-refractivity contribution in [1.29, 1.82) is 0 Å². The van der Waals surface area contributed by atoms with Crippen LogP contribution in [0.25, 0.3) is 21.7 Å². The number of amides is 1. The van der Waals surface area contributed by atoms with Gasteiger partial charge in [-0.3, -0.25) is 4.79 Å². The molecule has 8 heteroatoms. The summed E-state index contributed by atoms with van der Waals surface area (Å²) >= 11 is 0. The first kappa shape index (κ1) is 19.2. The van der Waals surface area contributed by atoms with Crippen LogP contribution < -0.4 is 15.6 Å². The molecule has 8 nitrogen and oxygen atoms in total. The lowest BCUT2D eigenvalue weighted by Crippen LogP contribution is -2.35. The SMILES string of the molecule is COc1ccc2ccccc2c1C1CC(C(=O)N=Nc2c(O)[nH]c3ccccc23)NN1. The van der Waals surface area contributed by atoms with Gasteiger partial charge in [0.2, 0.25) is 5.88 Å². The number of nitrogens with one attached hydrogen (secondary N) is 3. The van der Waals surface area contributed by atoms with Crippen molar-refractivity contribution in [2.45, 2.75) is 18.5 Å². The third-order valence-electron chi connectivity index (χ3n) is 5.61. The largest absolute Gasteiger partial charge is 0.496 e. The number of ether oxygens (including phenoxy) is 1. The molecule has 0 spiro atoms. The topological polar surface area (TPSA) is 111 Å². The van der Waals surface area contributed by atoms with Gasteiger partial charge in [-0.2, -0.15) is 0 Å². The number of H-pyrrole nitrogens is 1. The lowest BCUT2D eigenvalue weighted by Gasteiger charge is -2.17. The molecule has 5 rings (SSSR count). The number of hydrazine groups is 1. The van der Waals surface area contributed by atoms with Gasteiger partial charge in [-0.05, 0) is 29.3 Å². The molecule has 0 saturated carbocycles. The number of carbonyl (C=O) groups is 1. The predicted molar refractivity (Wildman–Crippen MR) is 117 cm³/mol. The van der Waals surface area contributed by atoms with Crippen LogP contribution in [0.2, 0.25) is 0 Å². The second-order valence-corrected chi connectivity index (χ2v) is 7.44. The maximum atomic E-state index is 12.7. The molecule has 156 valence electrons. The predicted octanol–water partition coefficient (Wildman–Crippen LogP) is 4.25. The smallest absolute Gasteiger partial charge is 0.282 e. The number of fused-ring (bicyclic) bond motifs is 2. The standard InChI is InChI=1S/C23H21N5O3/c1-31-19-11-10-13-6-2-3-7-14(13)20(19)17-12-18(26-25-17)22(29)28-27-21-15-8-4-5-9-16(15)24-23(21)30/h2-11,17-18,24-26,30H,12H2,1H3. The number of hydrogen-bond donors (Lipinski definition) is 4. The fraction of sp³-hybridized carbons (Fsp3) is 0.174. The Morgan fingerprint density at radius 1 is 1.03 bits per heavy atom. The first-order valence-corrected chi connectivity index (χ1v) is 9.97. The zero-order valence-corrected chi connectivity index (χ0v) is 16.8. The van der Waals surface area contributed by atoms with Gasteiger partial charge in [0.05, 0.1) is 18.7 Å². The zero-order chi connectivity index (χ0) is 21.4. The summed E-state index contributed by atoms with van der Waals surface area (Å²) in [4.78, 5) is 15.5. The molecular weight excluding hydrogens is 394 g/mol. The molecule has 0 bridgehead atoms. The van der Waals surface area contributed by atoms with E-state index in [1.165, 1.54) is 0 Å². The molecule has 2 heterocycles. The van der Waals surface area contributed by atoms with Gasteiger partial charge in [-0.1, -0.05) is 48.5 Å². The molecule has 1 saturated heterocycles. The Morgan fingerprint density at radius 2 is 1.81 bits per heavy atom. The Hall–Kier alpha value is -3.75. The summed E-state index contributed by atoms with van der Waals surface area (Å²) in [6, 6.07) is 18.7. The van der Waals surface area contributed by atoms with Crippen molar-refractivity contribution >= 4 is 33.3 Å². The first-order valence-electron chi connectivity index (χ1n) is 9.97. The van der Waals surface area contributed by atoms with Gasteiger partial charge in [-0.15, -0.1) is 10.2 Å². The molecule has 1 aliphatic heterocycles. The van der Waals surface area contributed by atoms with E-state index < -0.39 is 11.9 Å². The molecule has 1 fully saturated rings. The number of rotatable bonds is 4. The quantitative estimate of drug-likeness (QED) is 0.372. The van der Waals surface area contributed by atoms with Crippen molar-refractivity contribution in [2.24, 2.45) is 10.2 Å². The van der Waals surface area contributed by atoms with Gasteiger partial charge < -0.3 is 14.8 Å². The molecule has 1 amide bonds. The number of methoxy groups -OCH3 is 1. The molecule has 0 radical (unpaired) electrons. The second-order valence-electron chi connectivity index (χ2n) is 7.44. The highest BCUT2D eigenvalue weighted by atomic mass is 16.5. The van der Waals surface area contributed by atoms with Crippen LogP contribution >= 0.6 is 0 Å². The molecule has 3 aromatic carbocycles. The Kier molecular flexibility index (Phi) is 4.85. The number of aromatic hydroxyl groups is 1. The summed E-state index contributed by atoms with van der Waals surface area (Å²) in [6.07, 6.45) is 0.488. The molecule has 31 heavy (non-hydrogen) atoms. The molecule has 2 unspecified atom stereocenters. The van der Waals surface area contributed by atoms with Gasteiger partial charge in [0, 0.05) is 10.9 Å². The molecule has 2 atom stereocenters.